The highest BCUT2D eigenvalue weighted by molar-refractivity contribution is 5.78. The monoisotopic (exact) mass is 351 g/mol. The number of rotatable bonds is 8. The van der Waals surface area contributed by atoms with Gasteiger partial charge in [-0.3, -0.25) is 14.5 Å². The van der Waals surface area contributed by atoms with Crippen LogP contribution in [0, 0.1) is 6.92 Å². The van der Waals surface area contributed by atoms with Gasteiger partial charge in [0, 0.05) is 45.1 Å². The fourth-order valence-corrected chi connectivity index (χ4v) is 2.77. The van der Waals surface area contributed by atoms with E-state index >= 15 is 0 Å². The molecule has 2 amide bonds. The molecule has 1 saturated heterocycles. The van der Waals surface area contributed by atoms with Crippen molar-refractivity contribution in [3.05, 3.63) is 11.7 Å². The van der Waals surface area contributed by atoms with Gasteiger partial charge in [0.05, 0.1) is 6.54 Å². The fraction of sp³-hybridized carbons (Fsp3) is 0.765. The molecule has 0 aliphatic carbocycles. The summed E-state index contributed by atoms with van der Waals surface area (Å²) in [6, 6.07) is 0.206. The van der Waals surface area contributed by atoms with Gasteiger partial charge in [0.1, 0.15) is 0 Å². The predicted molar refractivity (Wildman–Crippen MR) is 92.9 cm³/mol. The third kappa shape index (κ3) is 6.45. The van der Waals surface area contributed by atoms with Crippen molar-refractivity contribution in [2.75, 3.05) is 32.7 Å². The highest BCUT2D eigenvalue weighted by Gasteiger charge is 2.22. The summed E-state index contributed by atoms with van der Waals surface area (Å²) in [4.78, 5) is 32.3. The maximum Gasteiger partial charge on any atom is 0.234 e. The van der Waals surface area contributed by atoms with E-state index in [9.17, 15) is 9.59 Å². The molecular weight excluding hydrogens is 322 g/mol. The molecule has 1 aromatic heterocycles. The molecular formula is C17H29N5O3. The Morgan fingerprint density at radius 3 is 2.60 bits per heavy atom. The molecule has 0 bridgehead atoms. The number of piperazine rings is 1. The quantitative estimate of drug-likeness (QED) is 0.743. The van der Waals surface area contributed by atoms with Crippen molar-refractivity contribution in [3.63, 3.8) is 0 Å². The zero-order chi connectivity index (χ0) is 18.2. The molecule has 140 valence electrons. The van der Waals surface area contributed by atoms with E-state index in [2.05, 4.69) is 27.3 Å². The van der Waals surface area contributed by atoms with E-state index in [4.69, 9.17) is 4.52 Å². The van der Waals surface area contributed by atoms with E-state index in [0.29, 0.717) is 50.6 Å². The first kappa shape index (κ1) is 19.4. The number of carbonyl (C=O) groups is 2. The minimum atomic E-state index is 0.0592. The van der Waals surface area contributed by atoms with Gasteiger partial charge in [-0.2, -0.15) is 4.98 Å². The summed E-state index contributed by atoms with van der Waals surface area (Å²) in [5, 5.41) is 6.71. The van der Waals surface area contributed by atoms with Crippen LogP contribution in [0.25, 0.3) is 0 Å². The average Bonchev–Trinajstić information content (AvgIpc) is 3.00. The van der Waals surface area contributed by atoms with Crippen LogP contribution in [0.4, 0.5) is 0 Å². The van der Waals surface area contributed by atoms with Gasteiger partial charge in [-0.15, -0.1) is 0 Å². The lowest BCUT2D eigenvalue weighted by atomic mass is 10.2. The number of amides is 2. The molecule has 2 heterocycles. The average molecular weight is 351 g/mol. The Bertz CT molecular complexity index is 566. The normalized spacial score (nSPS) is 16.7. The largest absolute Gasteiger partial charge is 0.353 e. The Morgan fingerprint density at radius 1 is 1.28 bits per heavy atom. The second-order valence-corrected chi connectivity index (χ2v) is 6.62. The molecule has 1 atom stereocenters. The summed E-state index contributed by atoms with van der Waals surface area (Å²) in [7, 11) is 0. The zero-order valence-electron chi connectivity index (χ0n) is 15.5. The summed E-state index contributed by atoms with van der Waals surface area (Å²) < 4.78 is 5.05. The fourth-order valence-electron chi connectivity index (χ4n) is 2.77. The number of nitrogens with zero attached hydrogens (tertiary/aromatic N) is 4. The van der Waals surface area contributed by atoms with Gasteiger partial charge in [-0.25, -0.2) is 0 Å². The maximum absolute atomic E-state index is 12.3. The van der Waals surface area contributed by atoms with Crippen molar-refractivity contribution >= 4 is 11.8 Å². The van der Waals surface area contributed by atoms with Crippen molar-refractivity contribution < 1.29 is 14.1 Å². The lowest BCUT2D eigenvalue weighted by molar-refractivity contribution is -0.133. The Labute approximate surface area is 148 Å². The second-order valence-electron chi connectivity index (χ2n) is 6.62. The van der Waals surface area contributed by atoms with Crippen molar-refractivity contribution in [3.8, 4) is 0 Å². The molecule has 8 nitrogen and oxygen atoms in total. The summed E-state index contributed by atoms with van der Waals surface area (Å²) in [6.07, 6.45) is 2.74. The van der Waals surface area contributed by atoms with Crippen molar-refractivity contribution in [1.82, 2.24) is 25.3 Å². The van der Waals surface area contributed by atoms with Crippen LogP contribution in [-0.4, -0.2) is 70.5 Å². The van der Waals surface area contributed by atoms with Gasteiger partial charge in [0.25, 0.3) is 0 Å². The van der Waals surface area contributed by atoms with Crippen LogP contribution >= 0.6 is 0 Å². The van der Waals surface area contributed by atoms with Gasteiger partial charge in [0.2, 0.25) is 17.7 Å². The molecule has 0 radical (unpaired) electrons. The summed E-state index contributed by atoms with van der Waals surface area (Å²) in [5.41, 5.74) is 0. The second kappa shape index (κ2) is 9.50. The van der Waals surface area contributed by atoms with Gasteiger partial charge in [0.15, 0.2) is 5.82 Å². The number of hydrogen-bond donors (Lipinski definition) is 1. The van der Waals surface area contributed by atoms with Crippen LogP contribution in [0.15, 0.2) is 4.52 Å². The summed E-state index contributed by atoms with van der Waals surface area (Å²) in [6.45, 7) is 9.07. The molecule has 0 aromatic carbocycles. The molecule has 1 aliphatic heterocycles. The molecule has 1 aromatic rings. The van der Waals surface area contributed by atoms with Gasteiger partial charge in [-0.05, 0) is 26.7 Å². The van der Waals surface area contributed by atoms with Crippen LogP contribution in [0.2, 0.25) is 0 Å². The van der Waals surface area contributed by atoms with E-state index in [0.717, 1.165) is 19.5 Å². The van der Waals surface area contributed by atoms with E-state index < -0.39 is 0 Å². The third-order valence-corrected chi connectivity index (χ3v) is 4.46. The lowest BCUT2D eigenvalue weighted by Crippen LogP contribution is -2.51. The molecule has 1 fully saturated rings. The standard InChI is InChI=1S/C17H29N5O3/c1-4-13(2)18-15(23)12-21-8-10-22(11-9-21)17(24)7-5-6-16-19-14(3)20-25-16/h13H,4-12H2,1-3H3,(H,18,23). The SMILES string of the molecule is CCC(C)NC(=O)CN1CCN(C(=O)CCCc2nc(C)no2)CC1. The maximum atomic E-state index is 12.3. The van der Waals surface area contributed by atoms with Crippen LogP contribution in [0.5, 0.6) is 0 Å². The van der Waals surface area contributed by atoms with Crippen molar-refractivity contribution in [1.29, 1.82) is 0 Å². The summed E-state index contributed by atoms with van der Waals surface area (Å²) in [5.74, 6) is 1.42. The van der Waals surface area contributed by atoms with Crippen LogP contribution in [0.3, 0.4) is 0 Å². The van der Waals surface area contributed by atoms with Crippen LogP contribution in [-0.2, 0) is 16.0 Å². The van der Waals surface area contributed by atoms with E-state index in [-0.39, 0.29) is 17.9 Å². The number of carbonyl (C=O) groups excluding carboxylic acids is 2. The van der Waals surface area contributed by atoms with Crippen LogP contribution in [0.1, 0.15) is 44.8 Å². The molecule has 25 heavy (non-hydrogen) atoms. The Hall–Kier alpha value is -1.96. The molecule has 0 saturated carbocycles. The molecule has 0 spiro atoms. The van der Waals surface area contributed by atoms with Gasteiger partial charge in [-0.1, -0.05) is 12.1 Å². The minimum absolute atomic E-state index is 0.0592. The molecule has 1 aliphatic rings. The summed E-state index contributed by atoms with van der Waals surface area (Å²) >= 11 is 0. The molecule has 1 N–H and O–H groups in total. The zero-order valence-corrected chi connectivity index (χ0v) is 15.5. The first-order valence-corrected chi connectivity index (χ1v) is 9.06. The lowest BCUT2D eigenvalue weighted by Gasteiger charge is -2.34. The van der Waals surface area contributed by atoms with E-state index in [1.54, 1.807) is 6.92 Å². The highest BCUT2D eigenvalue weighted by Crippen LogP contribution is 2.08. The first-order valence-electron chi connectivity index (χ1n) is 9.06. The van der Waals surface area contributed by atoms with Crippen molar-refractivity contribution in [2.45, 2.75) is 52.5 Å². The topological polar surface area (TPSA) is 91.6 Å². The smallest absolute Gasteiger partial charge is 0.234 e. The Morgan fingerprint density at radius 2 is 2.00 bits per heavy atom. The molecule has 1 unspecified atom stereocenters. The molecule has 2 rings (SSSR count). The van der Waals surface area contributed by atoms with Gasteiger partial charge < -0.3 is 14.7 Å². The number of aromatic nitrogens is 2. The Kier molecular flexibility index (Phi) is 7.36. The number of nitrogens with one attached hydrogen (secondary N) is 1. The predicted octanol–water partition coefficient (Wildman–Crippen LogP) is 0.760. The number of aryl methyl sites for hydroxylation is 2. The first-order chi connectivity index (χ1) is 12.0. The van der Waals surface area contributed by atoms with Crippen molar-refractivity contribution in [2.24, 2.45) is 0 Å². The Balaban J connectivity index is 1.63. The molecule has 8 heteroatoms. The van der Waals surface area contributed by atoms with Gasteiger partial charge >= 0.3 is 0 Å². The van der Waals surface area contributed by atoms with E-state index in [1.165, 1.54) is 0 Å². The third-order valence-electron chi connectivity index (χ3n) is 4.46. The van der Waals surface area contributed by atoms with E-state index in [1.807, 2.05) is 11.8 Å². The van der Waals surface area contributed by atoms with Crippen LogP contribution < -0.4 is 5.32 Å². The minimum Gasteiger partial charge on any atom is -0.353 e. The number of hydrogen-bond acceptors (Lipinski definition) is 6. The highest BCUT2D eigenvalue weighted by atomic mass is 16.5.